The monoisotopic (exact) mass is 512 g/mol. The van der Waals surface area contributed by atoms with Crippen LogP contribution in [0.2, 0.25) is 0 Å². The zero-order valence-corrected chi connectivity index (χ0v) is 20.6. The molecule has 0 spiro atoms. The number of hydrogen-bond acceptors (Lipinski definition) is 6. The van der Waals surface area contributed by atoms with Gasteiger partial charge >= 0.3 is 0 Å². The van der Waals surface area contributed by atoms with Crippen molar-refractivity contribution in [1.29, 1.82) is 0 Å². The molecule has 0 bridgehead atoms. The summed E-state index contributed by atoms with van der Waals surface area (Å²) in [6, 6.07) is 19.1. The van der Waals surface area contributed by atoms with Crippen LogP contribution < -0.4 is 10.2 Å². The van der Waals surface area contributed by atoms with E-state index in [1.165, 1.54) is 29.5 Å². The van der Waals surface area contributed by atoms with Gasteiger partial charge in [0.1, 0.15) is 17.9 Å². The van der Waals surface area contributed by atoms with Crippen LogP contribution in [0.1, 0.15) is 20.8 Å². The van der Waals surface area contributed by atoms with Crippen LogP contribution in [0, 0.1) is 12.7 Å². The van der Waals surface area contributed by atoms with Gasteiger partial charge in [-0.15, -0.1) is 16.4 Å². The zero-order chi connectivity index (χ0) is 25.5. The van der Waals surface area contributed by atoms with Gasteiger partial charge in [0, 0.05) is 28.2 Å². The summed E-state index contributed by atoms with van der Waals surface area (Å²) in [4.78, 5) is 33.0. The molecular weight excluding hydrogens is 491 g/mol. The number of aryl methyl sites for hydroxylation is 1. The Kier molecular flexibility index (Phi) is 5.72. The molecule has 6 rings (SSSR count). The van der Waals surface area contributed by atoms with E-state index in [0.29, 0.717) is 23.7 Å². The molecule has 1 N–H and O–H groups in total. The fraction of sp³-hybridized carbons (Fsp3) is 0.148. The van der Waals surface area contributed by atoms with Crippen LogP contribution in [0.5, 0.6) is 0 Å². The van der Waals surface area contributed by atoms with Crippen LogP contribution in [0.4, 0.5) is 15.2 Å². The number of nitrogens with zero attached hydrogens (tertiary/aromatic N) is 5. The van der Waals surface area contributed by atoms with Crippen molar-refractivity contribution in [2.24, 2.45) is 0 Å². The summed E-state index contributed by atoms with van der Waals surface area (Å²) in [5.41, 5.74) is 5.39. The van der Waals surface area contributed by atoms with Crippen molar-refractivity contribution in [2.45, 2.75) is 19.9 Å². The Hall–Kier alpha value is -4.44. The highest BCUT2D eigenvalue weighted by Crippen LogP contribution is 2.36. The Bertz CT molecular complexity index is 1680. The van der Waals surface area contributed by atoms with Gasteiger partial charge < -0.3 is 10.2 Å². The number of rotatable bonds is 5. The number of anilines is 2. The first-order valence-electron chi connectivity index (χ1n) is 11.7. The molecule has 1 aliphatic rings. The number of fused-ring (bicyclic) bond motifs is 2. The van der Waals surface area contributed by atoms with E-state index in [9.17, 15) is 14.0 Å². The number of hydrogen-bond donors (Lipinski definition) is 1. The van der Waals surface area contributed by atoms with E-state index in [0.717, 1.165) is 38.4 Å². The molecule has 2 amide bonds. The molecule has 184 valence electrons. The van der Waals surface area contributed by atoms with Gasteiger partial charge in [0.2, 0.25) is 5.91 Å². The molecule has 37 heavy (non-hydrogen) atoms. The van der Waals surface area contributed by atoms with Crippen molar-refractivity contribution in [3.63, 3.8) is 0 Å². The summed E-state index contributed by atoms with van der Waals surface area (Å²) in [7, 11) is 0. The number of halogens is 1. The molecule has 10 heteroatoms. The topological polar surface area (TPSA) is 93.0 Å². The summed E-state index contributed by atoms with van der Waals surface area (Å²) in [6.45, 7) is 2.52. The fourth-order valence-corrected chi connectivity index (χ4v) is 5.44. The van der Waals surface area contributed by atoms with E-state index in [4.69, 9.17) is 0 Å². The number of amides is 2. The third-order valence-electron chi connectivity index (χ3n) is 6.32. The van der Waals surface area contributed by atoms with E-state index in [1.807, 2.05) is 49.4 Å². The number of thiazole rings is 1. The second kappa shape index (κ2) is 9.21. The van der Waals surface area contributed by atoms with Crippen LogP contribution in [0.25, 0.3) is 22.3 Å². The maximum atomic E-state index is 13.6. The maximum absolute atomic E-state index is 13.6. The van der Waals surface area contributed by atoms with Crippen molar-refractivity contribution in [2.75, 3.05) is 16.8 Å². The molecule has 0 unspecified atom stereocenters. The molecule has 5 aromatic rings. The minimum Gasteiger partial charge on any atom is -0.308 e. The highest BCUT2D eigenvalue weighted by atomic mass is 32.1. The molecule has 0 atom stereocenters. The van der Waals surface area contributed by atoms with Crippen LogP contribution in [0.3, 0.4) is 0 Å². The molecule has 3 heterocycles. The molecule has 0 fully saturated rings. The first-order chi connectivity index (χ1) is 18.0. The summed E-state index contributed by atoms with van der Waals surface area (Å²) >= 11 is 1.40. The Morgan fingerprint density at radius 2 is 1.95 bits per heavy atom. The van der Waals surface area contributed by atoms with Crippen molar-refractivity contribution in [1.82, 2.24) is 20.0 Å². The number of para-hydroxylation sites is 1. The molecule has 0 saturated heterocycles. The van der Waals surface area contributed by atoms with Crippen LogP contribution >= 0.6 is 11.3 Å². The van der Waals surface area contributed by atoms with E-state index in [2.05, 4.69) is 20.6 Å². The molecule has 8 nitrogen and oxygen atoms in total. The van der Waals surface area contributed by atoms with Crippen molar-refractivity contribution in [3.05, 3.63) is 88.6 Å². The third-order valence-corrected chi connectivity index (χ3v) is 7.21. The SMILES string of the molecule is Cc1sc(NC(=O)Cn2nnc3ccccc32)nc1-c1ccc2c(c1)CCN2C(=O)c1cccc(F)c1. The van der Waals surface area contributed by atoms with Crippen LogP contribution in [0.15, 0.2) is 66.7 Å². The summed E-state index contributed by atoms with van der Waals surface area (Å²) in [5, 5.41) is 11.5. The maximum Gasteiger partial charge on any atom is 0.258 e. The summed E-state index contributed by atoms with van der Waals surface area (Å²) in [5.74, 6) is -0.894. The molecule has 0 radical (unpaired) electrons. The van der Waals surface area contributed by atoms with E-state index < -0.39 is 5.82 Å². The van der Waals surface area contributed by atoms with Gasteiger partial charge in [-0.2, -0.15) is 0 Å². The highest BCUT2D eigenvalue weighted by molar-refractivity contribution is 7.16. The average molecular weight is 513 g/mol. The molecule has 2 aromatic heterocycles. The minimum absolute atomic E-state index is 0.0303. The molecule has 3 aromatic carbocycles. The van der Waals surface area contributed by atoms with Gasteiger partial charge in [-0.25, -0.2) is 14.1 Å². The van der Waals surface area contributed by atoms with E-state index >= 15 is 0 Å². The summed E-state index contributed by atoms with van der Waals surface area (Å²) < 4.78 is 15.2. The Balaban J connectivity index is 1.19. The zero-order valence-electron chi connectivity index (χ0n) is 19.8. The van der Waals surface area contributed by atoms with Crippen molar-refractivity contribution < 1.29 is 14.0 Å². The Morgan fingerprint density at radius 1 is 1.08 bits per heavy atom. The van der Waals surface area contributed by atoms with Gasteiger partial charge in [0.15, 0.2) is 5.13 Å². The number of carbonyl (C=O) groups excluding carboxylic acids is 2. The molecule has 0 aliphatic carbocycles. The second-order valence-electron chi connectivity index (χ2n) is 8.77. The lowest BCUT2D eigenvalue weighted by atomic mass is 10.1. The number of aromatic nitrogens is 4. The largest absolute Gasteiger partial charge is 0.308 e. The molecular formula is C27H21FN6O2S. The average Bonchev–Trinajstić information content (AvgIpc) is 3.60. The molecule has 1 aliphatic heterocycles. The van der Waals surface area contributed by atoms with E-state index in [1.54, 1.807) is 15.6 Å². The van der Waals surface area contributed by atoms with Gasteiger partial charge in [-0.1, -0.05) is 29.5 Å². The normalized spacial score (nSPS) is 12.6. The smallest absolute Gasteiger partial charge is 0.258 e. The predicted octanol–water partition coefficient (Wildman–Crippen LogP) is 4.84. The predicted molar refractivity (Wildman–Crippen MR) is 140 cm³/mol. The minimum atomic E-state index is -0.433. The number of carbonyl (C=O) groups is 2. The second-order valence-corrected chi connectivity index (χ2v) is 9.97. The van der Waals surface area contributed by atoms with Crippen LogP contribution in [-0.2, 0) is 17.8 Å². The van der Waals surface area contributed by atoms with Crippen molar-refractivity contribution >= 4 is 45.0 Å². The lowest BCUT2D eigenvalue weighted by Gasteiger charge is -2.17. The standard InChI is InChI=1S/C27H21FN6O2S/c1-16-25(30-27(37-16)29-24(35)15-34-23-8-3-2-7-21(23)31-32-34)18-9-10-22-17(13-18)11-12-33(22)26(36)19-5-4-6-20(28)14-19/h2-10,13-14H,11-12,15H2,1H3,(H,29,30,35). The molecule has 0 saturated carbocycles. The summed E-state index contributed by atoms with van der Waals surface area (Å²) in [6.07, 6.45) is 0.697. The lowest BCUT2D eigenvalue weighted by molar-refractivity contribution is -0.116. The number of benzene rings is 3. The van der Waals surface area contributed by atoms with Gasteiger partial charge in [0.25, 0.3) is 5.91 Å². The van der Waals surface area contributed by atoms with Gasteiger partial charge in [-0.05, 0) is 61.4 Å². The first-order valence-corrected chi connectivity index (χ1v) is 12.5. The highest BCUT2D eigenvalue weighted by Gasteiger charge is 2.26. The fourth-order valence-electron chi connectivity index (χ4n) is 4.58. The van der Waals surface area contributed by atoms with E-state index in [-0.39, 0.29) is 18.4 Å². The van der Waals surface area contributed by atoms with Crippen molar-refractivity contribution in [3.8, 4) is 11.3 Å². The number of nitrogens with one attached hydrogen (secondary N) is 1. The van der Waals surface area contributed by atoms with Gasteiger partial charge in [0.05, 0.1) is 11.2 Å². The Labute approximate surface area is 215 Å². The Morgan fingerprint density at radius 3 is 2.81 bits per heavy atom. The lowest BCUT2D eigenvalue weighted by Crippen LogP contribution is -2.28. The first kappa shape index (κ1) is 23.0. The van der Waals surface area contributed by atoms with Crippen LogP contribution in [-0.4, -0.2) is 38.3 Å². The third kappa shape index (κ3) is 4.36. The quantitative estimate of drug-likeness (QED) is 0.364. The van der Waals surface area contributed by atoms with Gasteiger partial charge in [-0.3, -0.25) is 9.59 Å².